The Hall–Kier alpha value is -2.28. The van der Waals surface area contributed by atoms with Crippen LogP contribution < -0.4 is 21.5 Å². The lowest BCUT2D eigenvalue weighted by Gasteiger charge is -2.03. The summed E-state index contributed by atoms with van der Waals surface area (Å²) < 4.78 is 1.84. The summed E-state index contributed by atoms with van der Waals surface area (Å²) in [6.45, 7) is 0.425. The van der Waals surface area contributed by atoms with Gasteiger partial charge in [-0.25, -0.2) is 19.1 Å². The summed E-state index contributed by atoms with van der Waals surface area (Å²) in [6, 6.07) is 6.89. The molecule has 0 aliphatic rings. The zero-order valence-electron chi connectivity index (χ0n) is 10.2. The molecule has 0 spiro atoms. The van der Waals surface area contributed by atoms with E-state index in [2.05, 4.69) is 4.98 Å². The molecule has 2 aromatic heterocycles. The average molecular weight is 339 g/mol. The van der Waals surface area contributed by atoms with Crippen molar-refractivity contribution in [2.45, 2.75) is 6.54 Å². The molecule has 0 aromatic carbocycles. The zero-order chi connectivity index (χ0) is 13.8. The van der Waals surface area contributed by atoms with E-state index < -0.39 is 17.6 Å². The number of aromatic carboxylic acids is 2. The third-order valence-electron chi connectivity index (χ3n) is 2.52. The van der Waals surface area contributed by atoms with Crippen molar-refractivity contribution >= 4 is 11.9 Å². The highest BCUT2D eigenvalue weighted by atomic mass is 79.9. The molecular weight excluding hydrogens is 328 g/mol. The fourth-order valence-electron chi connectivity index (χ4n) is 1.68. The van der Waals surface area contributed by atoms with Crippen LogP contribution in [0, 0.1) is 0 Å². The third-order valence-corrected chi connectivity index (χ3v) is 2.52. The molecule has 104 valence electrons. The Morgan fingerprint density at radius 1 is 1.10 bits per heavy atom. The highest BCUT2D eigenvalue weighted by Gasteiger charge is 2.19. The first-order valence-corrected chi connectivity index (χ1v) is 5.47. The van der Waals surface area contributed by atoms with Crippen molar-refractivity contribution in [2.24, 2.45) is 0 Å². The van der Waals surface area contributed by atoms with E-state index >= 15 is 0 Å². The largest absolute Gasteiger partial charge is 1.00 e. The molecule has 0 radical (unpaired) electrons. The molecule has 0 aliphatic carbocycles. The second-order valence-electron chi connectivity index (χ2n) is 3.90. The molecule has 7 heteroatoms. The number of rotatable bonds is 4. The lowest BCUT2D eigenvalue weighted by molar-refractivity contribution is -0.688. The number of hydrogen-bond acceptors (Lipinski definition) is 3. The summed E-state index contributed by atoms with van der Waals surface area (Å²) in [5, 5.41) is 17.9. The number of carboxylic acids is 2. The molecule has 0 atom stereocenters. The number of carbonyl (C=O) groups is 2. The number of nitrogens with zero attached hydrogens (tertiary/aromatic N) is 2. The normalized spacial score (nSPS) is 9.60. The highest BCUT2D eigenvalue weighted by Crippen LogP contribution is 2.09. The highest BCUT2D eigenvalue weighted by molar-refractivity contribution is 6.00. The van der Waals surface area contributed by atoms with Gasteiger partial charge in [0.15, 0.2) is 24.6 Å². The predicted octanol–water partition coefficient (Wildman–Crippen LogP) is -2.18. The first kappa shape index (κ1) is 15.8. The van der Waals surface area contributed by atoms with Gasteiger partial charge in [0.25, 0.3) is 0 Å². The van der Waals surface area contributed by atoms with Crippen LogP contribution in [0.2, 0.25) is 0 Å². The molecule has 20 heavy (non-hydrogen) atoms. The van der Waals surface area contributed by atoms with Crippen LogP contribution in [0.3, 0.4) is 0 Å². The van der Waals surface area contributed by atoms with Crippen molar-refractivity contribution in [3.05, 3.63) is 59.7 Å². The average Bonchev–Trinajstić information content (AvgIpc) is 2.39. The Bertz CT molecular complexity index is 632. The van der Waals surface area contributed by atoms with E-state index in [0.717, 1.165) is 0 Å². The van der Waals surface area contributed by atoms with Crippen molar-refractivity contribution in [3.63, 3.8) is 0 Å². The van der Waals surface area contributed by atoms with Crippen molar-refractivity contribution < 1.29 is 41.4 Å². The summed E-state index contributed by atoms with van der Waals surface area (Å²) in [5.41, 5.74) is -0.130. The first-order chi connectivity index (χ1) is 9.08. The molecule has 2 aromatic rings. The summed E-state index contributed by atoms with van der Waals surface area (Å²) in [7, 11) is 0. The maximum atomic E-state index is 11.0. The molecule has 0 bridgehead atoms. The Kier molecular flexibility index (Phi) is 5.33. The van der Waals surface area contributed by atoms with Crippen LogP contribution in [-0.2, 0) is 6.54 Å². The van der Waals surface area contributed by atoms with E-state index in [1.807, 2.05) is 35.2 Å². The van der Waals surface area contributed by atoms with Gasteiger partial charge in [-0.05, 0) is 6.07 Å². The number of hydrogen-bond donors (Lipinski definition) is 2. The van der Waals surface area contributed by atoms with Gasteiger partial charge < -0.3 is 27.2 Å². The number of halogens is 1. The second-order valence-corrected chi connectivity index (χ2v) is 3.90. The molecule has 0 aliphatic heterocycles. The van der Waals surface area contributed by atoms with E-state index in [4.69, 9.17) is 10.2 Å². The zero-order valence-corrected chi connectivity index (χ0v) is 11.8. The molecule has 0 amide bonds. The van der Waals surface area contributed by atoms with E-state index in [1.165, 1.54) is 12.3 Å². The van der Waals surface area contributed by atoms with Crippen LogP contribution >= 0.6 is 0 Å². The fraction of sp³-hybridized carbons (Fsp3) is 0.0769. The van der Waals surface area contributed by atoms with Gasteiger partial charge in [0.05, 0.1) is 5.56 Å². The van der Waals surface area contributed by atoms with Gasteiger partial charge in [-0.15, -0.1) is 0 Å². The fourth-order valence-corrected chi connectivity index (χ4v) is 1.68. The van der Waals surface area contributed by atoms with Gasteiger partial charge in [0.2, 0.25) is 0 Å². The van der Waals surface area contributed by atoms with Crippen LogP contribution in [0.25, 0.3) is 0 Å². The Morgan fingerprint density at radius 3 is 2.30 bits per heavy atom. The van der Waals surface area contributed by atoms with Crippen molar-refractivity contribution in [1.29, 1.82) is 0 Å². The van der Waals surface area contributed by atoms with E-state index in [0.29, 0.717) is 12.1 Å². The topological polar surface area (TPSA) is 91.4 Å². The first-order valence-electron chi connectivity index (χ1n) is 5.47. The maximum Gasteiger partial charge on any atom is 0.355 e. The van der Waals surface area contributed by atoms with E-state index in [9.17, 15) is 9.59 Å². The van der Waals surface area contributed by atoms with Gasteiger partial charge in [-0.2, -0.15) is 0 Å². The van der Waals surface area contributed by atoms with Gasteiger partial charge in [-0.3, -0.25) is 0 Å². The Balaban J connectivity index is 0.00000200. The molecule has 6 nitrogen and oxygen atoms in total. The molecule has 2 N–H and O–H groups in total. The molecule has 0 unspecified atom stereocenters. The quantitative estimate of drug-likeness (QED) is 0.618. The van der Waals surface area contributed by atoms with Gasteiger partial charge >= 0.3 is 11.9 Å². The molecule has 0 fully saturated rings. The second kappa shape index (κ2) is 6.76. The standard InChI is InChI=1S/C13H10N2O4.BrH/c16-12(17)10-6-9(7-14-11(10)13(18)19)8-15-4-2-1-3-5-15;/h1-7H,8H2,(H-,16,17,18,19);1H. The summed E-state index contributed by atoms with van der Waals surface area (Å²) in [5.74, 6) is -2.65. The Morgan fingerprint density at radius 2 is 1.75 bits per heavy atom. The summed E-state index contributed by atoms with van der Waals surface area (Å²) >= 11 is 0. The van der Waals surface area contributed by atoms with Crippen LogP contribution in [0.15, 0.2) is 42.9 Å². The molecule has 2 rings (SSSR count). The van der Waals surface area contributed by atoms with E-state index in [-0.39, 0.29) is 22.5 Å². The number of aromatic nitrogens is 2. The minimum atomic E-state index is -1.35. The Labute approximate surface area is 125 Å². The monoisotopic (exact) mass is 338 g/mol. The SMILES string of the molecule is O=C(O)c1cc(C[n+]2ccccc2)cnc1C(=O)O.[Br-]. The molecule has 0 saturated carbocycles. The lowest BCUT2D eigenvalue weighted by Crippen LogP contribution is -3.00. The van der Waals surface area contributed by atoms with Crippen molar-refractivity contribution in [3.8, 4) is 0 Å². The van der Waals surface area contributed by atoms with Crippen molar-refractivity contribution in [2.75, 3.05) is 0 Å². The number of carboxylic acid groups (broad SMARTS) is 2. The van der Waals surface area contributed by atoms with Gasteiger partial charge in [0.1, 0.15) is 0 Å². The minimum Gasteiger partial charge on any atom is -1.00 e. The van der Waals surface area contributed by atoms with E-state index in [1.54, 1.807) is 0 Å². The van der Waals surface area contributed by atoms with Crippen LogP contribution in [0.5, 0.6) is 0 Å². The molecule has 2 heterocycles. The third kappa shape index (κ3) is 3.61. The van der Waals surface area contributed by atoms with Gasteiger partial charge in [-0.1, -0.05) is 6.07 Å². The summed E-state index contributed by atoms with van der Waals surface area (Å²) in [4.78, 5) is 25.6. The smallest absolute Gasteiger partial charge is 0.355 e. The predicted molar refractivity (Wildman–Crippen MR) is 63.9 cm³/mol. The molecule has 0 saturated heterocycles. The van der Waals surface area contributed by atoms with Crippen LogP contribution in [0.1, 0.15) is 26.4 Å². The lowest BCUT2D eigenvalue weighted by atomic mass is 10.1. The summed E-state index contributed by atoms with van der Waals surface area (Å²) in [6.07, 6.45) is 5.02. The van der Waals surface area contributed by atoms with Crippen LogP contribution in [-0.4, -0.2) is 27.1 Å². The molecular formula is C13H11BrN2O4. The minimum absolute atomic E-state index is 0. The maximum absolute atomic E-state index is 11.0. The number of pyridine rings is 2. The van der Waals surface area contributed by atoms with Crippen molar-refractivity contribution in [1.82, 2.24) is 4.98 Å². The van der Waals surface area contributed by atoms with Crippen LogP contribution in [0.4, 0.5) is 0 Å². The van der Waals surface area contributed by atoms with Gasteiger partial charge in [0, 0.05) is 23.9 Å².